The zero-order chi connectivity index (χ0) is 16.4. The normalized spacial score (nSPS) is 11.6. The van der Waals surface area contributed by atoms with Gasteiger partial charge in [-0.2, -0.15) is 4.99 Å². The monoisotopic (exact) mass is 324 g/mol. The van der Waals surface area contributed by atoms with Crippen molar-refractivity contribution in [3.05, 3.63) is 64.2 Å². The van der Waals surface area contributed by atoms with Crippen LogP contribution in [-0.2, 0) is 6.54 Å². The fourth-order valence-electron chi connectivity index (χ4n) is 2.37. The van der Waals surface area contributed by atoms with Crippen LogP contribution in [0.5, 0.6) is 0 Å². The zero-order valence-electron chi connectivity index (χ0n) is 12.4. The summed E-state index contributed by atoms with van der Waals surface area (Å²) in [5.74, 6) is 1.79. The number of terminal acetylenes is 1. The van der Waals surface area contributed by atoms with Crippen molar-refractivity contribution in [2.24, 2.45) is 4.99 Å². The number of halogens is 1. The molecule has 0 saturated heterocycles. The maximum Gasteiger partial charge on any atom is 0.279 e. The Hall–Kier alpha value is -2.71. The number of amides is 1. The lowest BCUT2D eigenvalue weighted by Gasteiger charge is -2.02. The van der Waals surface area contributed by atoms with E-state index in [9.17, 15) is 9.18 Å². The Labute approximate surface area is 136 Å². The van der Waals surface area contributed by atoms with E-state index in [2.05, 4.69) is 10.9 Å². The Balaban J connectivity index is 2.17. The fourth-order valence-corrected chi connectivity index (χ4v) is 3.48. The first-order valence-corrected chi connectivity index (χ1v) is 7.79. The fraction of sp³-hybridized carbons (Fsp3) is 0.111. The molecule has 0 unspecified atom stereocenters. The number of nitrogens with zero attached hydrogens (tertiary/aromatic N) is 2. The van der Waals surface area contributed by atoms with Crippen molar-refractivity contribution in [2.75, 3.05) is 0 Å². The summed E-state index contributed by atoms with van der Waals surface area (Å²) in [6.45, 7) is 2.33. The topological polar surface area (TPSA) is 34.4 Å². The molecular formula is C18H13FN2OS. The van der Waals surface area contributed by atoms with E-state index in [4.69, 9.17) is 6.42 Å². The van der Waals surface area contributed by atoms with Gasteiger partial charge in [0.25, 0.3) is 5.91 Å². The third-order valence-corrected chi connectivity index (χ3v) is 4.48. The van der Waals surface area contributed by atoms with Crippen molar-refractivity contribution in [1.29, 1.82) is 0 Å². The van der Waals surface area contributed by atoms with E-state index in [0.717, 1.165) is 15.8 Å². The number of hydrogen-bond acceptors (Lipinski definition) is 2. The van der Waals surface area contributed by atoms with Gasteiger partial charge in [0.15, 0.2) is 4.80 Å². The molecule has 0 N–H and O–H groups in total. The minimum atomic E-state index is -0.417. The molecule has 0 aliphatic rings. The van der Waals surface area contributed by atoms with Crippen molar-refractivity contribution in [3.8, 4) is 12.3 Å². The Morgan fingerprint density at radius 3 is 2.74 bits per heavy atom. The summed E-state index contributed by atoms with van der Waals surface area (Å²) in [5.41, 5.74) is 2.40. The molecule has 3 rings (SSSR count). The first-order chi connectivity index (χ1) is 11.1. The van der Waals surface area contributed by atoms with Gasteiger partial charge in [-0.05, 0) is 42.8 Å². The van der Waals surface area contributed by atoms with Gasteiger partial charge in [-0.1, -0.05) is 29.4 Å². The molecule has 1 amide bonds. The van der Waals surface area contributed by atoms with E-state index in [1.54, 1.807) is 0 Å². The Morgan fingerprint density at radius 2 is 2.04 bits per heavy atom. The summed E-state index contributed by atoms with van der Waals surface area (Å²) in [6, 6.07) is 11.3. The van der Waals surface area contributed by atoms with E-state index >= 15 is 0 Å². The third kappa shape index (κ3) is 2.94. The van der Waals surface area contributed by atoms with Crippen LogP contribution in [0, 0.1) is 25.1 Å². The number of para-hydroxylation sites is 1. The lowest BCUT2D eigenvalue weighted by atomic mass is 10.2. The number of fused-ring (bicyclic) bond motifs is 1. The van der Waals surface area contributed by atoms with Gasteiger partial charge in [0.05, 0.1) is 16.8 Å². The molecule has 0 aliphatic carbocycles. The van der Waals surface area contributed by atoms with Gasteiger partial charge >= 0.3 is 0 Å². The van der Waals surface area contributed by atoms with Gasteiger partial charge in [-0.25, -0.2) is 4.39 Å². The molecule has 114 valence electrons. The van der Waals surface area contributed by atoms with E-state index in [0.29, 0.717) is 16.9 Å². The Bertz CT molecular complexity index is 991. The highest BCUT2D eigenvalue weighted by Crippen LogP contribution is 2.20. The molecule has 0 radical (unpaired) electrons. The highest BCUT2D eigenvalue weighted by Gasteiger charge is 2.10. The van der Waals surface area contributed by atoms with Crippen molar-refractivity contribution in [2.45, 2.75) is 13.5 Å². The van der Waals surface area contributed by atoms with E-state index in [1.807, 2.05) is 29.7 Å². The van der Waals surface area contributed by atoms with Crippen LogP contribution in [0.25, 0.3) is 10.2 Å². The summed E-state index contributed by atoms with van der Waals surface area (Å²) in [4.78, 5) is 17.0. The second kappa shape index (κ2) is 6.19. The first kappa shape index (κ1) is 15.2. The average molecular weight is 324 g/mol. The SMILES string of the molecule is C#CCn1c(=NC(=O)c2ccc(F)cc2)sc2cccc(C)c21. The molecule has 0 aliphatic heterocycles. The average Bonchev–Trinajstić information content (AvgIpc) is 2.87. The maximum atomic E-state index is 13.0. The van der Waals surface area contributed by atoms with Crippen molar-refractivity contribution in [3.63, 3.8) is 0 Å². The van der Waals surface area contributed by atoms with Crippen LogP contribution in [0.2, 0.25) is 0 Å². The standard InChI is InChI=1S/C18H13FN2OS/c1-3-11-21-16-12(2)5-4-6-15(16)23-18(21)20-17(22)13-7-9-14(19)10-8-13/h1,4-10H,11H2,2H3. The number of carbonyl (C=O) groups is 1. The number of rotatable bonds is 2. The second-order valence-corrected chi connectivity index (χ2v) is 6.03. The summed E-state index contributed by atoms with van der Waals surface area (Å²) in [7, 11) is 0. The van der Waals surface area contributed by atoms with E-state index in [-0.39, 0.29) is 5.82 Å². The van der Waals surface area contributed by atoms with Gasteiger partial charge in [0.1, 0.15) is 5.82 Å². The summed E-state index contributed by atoms with van der Waals surface area (Å²) >= 11 is 1.41. The third-order valence-electron chi connectivity index (χ3n) is 3.44. The number of benzene rings is 2. The zero-order valence-corrected chi connectivity index (χ0v) is 13.2. The lowest BCUT2D eigenvalue weighted by molar-refractivity contribution is 0.0998. The maximum absolute atomic E-state index is 13.0. The second-order valence-electron chi connectivity index (χ2n) is 5.02. The highest BCUT2D eigenvalue weighted by molar-refractivity contribution is 7.16. The molecule has 0 saturated carbocycles. The molecule has 0 bridgehead atoms. The number of aromatic nitrogens is 1. The molecule has 5 heteroatoms. The number of aryl methyl sites for hydroxylation is 1. The molecule has 0 atom stereocenters. The van der Waals surface area contributed by atoms with Crippen LogP contribution >= 0.6 is 11.3 Å². The van der Waals surface area contributed by atoms with Crippen molar-refractivity contribution >= 4 is 27.5 Å². The summed E-state index contributed by atoms with van der Waals surface area (Å²) in [6.07, 6.45) is 5.45. The van der Waals surface area contributed by atoms with Gasteiger partial charge in [-0.3, -0.25) is 4.79 Å². The molecule has 3 nitrogen and oxygen atoms in total. The number of carbonyl (C=O) groups excluding carboxylic acids is 1. The van der Waals surface area contributed by atoms with E-state index < -0.39 is 5.91 Å². The molecule has 0 fully saturated rings. The summed E-state index contributed by atoms with van der Waals surface area (Å²) < 4.78 is 15.8. The van der Waals surface area contributed by atoms with Crippen molar-refractivity contribution in [1.82, 2.24) is 4.57 Å². The largest absolute Gasteiger partial charge is 0.304 e. The van der Waals surface area contributed by atoms with Crippen LogP contribution < -0.4 is 4.80 Å². The van der Waals surface area contributed by atoms with Crippen LogP contribution in [0.4, 0.5) is 4.39 Å². The van der Waals surface area contributed by atoms with Crippen LogP contribution in [-0.4, -0.2) is 10.5 Å². The molecule has 23 heavy (non-hydrogen) atoms. The van der Waals surface area contributed by atoms with Crippen molar-refractivity contribution < 1.29 is 9.18 Å². The van der Waals surface area contributed by atoms with E-state index in [1.165, 1.54) is 35.6 Å². The molecule has 2 aromatic carbocycles. The van der Waals surface area contributed by atoms with Gasteiger partial charge in [0.2, 0.25) is 0 Å². The molecule has 3 aromatic rings. The number of thiazole rings is 1. The minimum Gasteiger partial charge on any atom is -0.304 e. The summed E-state index contributed by atoms with van der Waals surface area (Å²) in [5, 5.41) is 0. The van der Waals surface area contributed by atoms with Gasteiger partial charge in [-0.15, -0.1) is 6.42 Å². The van der Waals surface area contributed by atoms with Gasteiger partial charge < -0.3 is 4.57 Å². The predicted octanol–water partition coefficient (Wildman–Crippen LogP) is 3.52. The van der Waals surface area contributed by atoms with Crippen LogP contribution in [0.1, 0.15) is 15.9 Å². The number of hydrogen-bond donors (Lipinski definition) is 0. The Morgan fingerprint density at radius 1 is 1.30 bits per heavy atom. The quantitative estimate of drug-likeness (QED) is 0.664. The minimum absolute atomic E-state index is 0.334. The molecular weight excluding hydrogens is 311 g/mol. The predicted molar refractivity (Wildman–Crippen MR) is 89.7 cm³/mol. The highest BCUT2D eigenvalue weighted by atomic mass is 32.1. The lowest BCUT2D eigenvalue weighted by Crippen LogP contribution is -2.16. The molecule has 1 heterocycles. The molecule has 1 aromatic heterocycles. The first-order valence-electron chi connectivity index (χ1n) is 6.97. The van der Waals surface area contributed by atoms with Gasteiger partial charge in [0, 0.05) is 5.56 Å². The van der Waals surface area contributed by atoms with Crippen LogP contribution in [0.15, 0.2) is 47.5 Å². The van der Waals surface area contributed by atoms with Crippen LogP contribution in [0.3, 0.4) is 0 Å². The smallest absolute Gasteiger partial charge is 0.279 e. The Kier molecular flexibility index (Phi) is 4.09. The molecule has 0 spiro atoms.